The molecule has 3 atom stereocenters. The molecule has 0 aliphatic rings. The Morgan fingerprint density at radius 3 is 1.42 bits per heavy atom. The van der Waals surface area contributed by atoms with E-state index in [1.165, 1.54) is 128 Å². The zero-order valence-electron chi connectivity index (χ0n) is 33.5. The van der Waals surface area contributed by atoms with Crippen LogP contribution in [0.25, 0.3) is 0 Å². The molecule has 1 amide bonds. The zero-order valence-corrected chi connectivity index (χ0v) is 33.5. The molecule has 0 aromatic rings. The first-order chi connectivity index (χ1) is 24.5. The fourth-order valence-corrected chi connectivity index (χ4v) is 6.72. The van der Waals surface area contributed by atoms with Crippen LogP contribution in [0.4, 0.5) is 0 Å². The van der Waals surface area contributed by atoms with E-state index in [1.54, 1.807) is 0 Å². The minimum absolute atomic E-state index is 0.0760. The van der Waals surface area contributed by atoms with E-state index in [2.05, 4.69) is 38.2 Å². The molecule has 0 saturated carbocycles. The Labute approximate surface area is 310 Å². The third-order valence-corrected chi connectivity index (χ3v) is 10.1. The van der Waals surface area contributed by atoms with E-state index in [1.807, 2.05) is 0 Å². The lowest BCUT2D eigenvalue weighted by molar-refractivity contribution is -0.151. The molecule has 3 N–H and O–H groups in total. The minimum Gasteiger partial charge on any atom is -0.462 e. The second kappa shape index (κ2) is 38.8. The van der Waals surface area contributed by atoms with Crippen molar-refractivity contribution in [2.75, 3.05) is 6.61 Å². The molecule has 0 heterocycles. The first-order valence-electron chi connectivity index (χ1n) is 21.9. The van der Waals surface area contributed by atoms with Gasteiger partial charge < -0.3 is 20.3 Å². The summed E-state index contributed by atoms with van der Waals surface area (Å²) in [4.78, 5) is 25.8. The Morgan fingerprint density at radius 2 is 0.960 bits per heavy atom. The molecule has 0 aromatic carbocycles. The highest BCUT2D eigenvalue weighted by atomic mass is 16.5. The van der Waals surface area contributed by atoms with Crippen molar-refractivity contribution in [3.63, 3.8) is 0 Å². The maximum atomic E-state index is 13.0. The van der Waals surface area contributed by atoms with Gasteiger partial charge in [-0.25, -0.2) is 0 Å². The van der Waals surface area contributed by atoms with Gasteiger partial charge in [0.1, 0.15) is 6.10 Å². The number of allylic oxidation sites excluding steroid dienone is 2. The molecule has 0 rings (SSSR count). The second-order valence-electron chi connectivity index (χ2n) is 15.1. The molecule has 0 aromatic heterocycles. The number of hydrogen-bond acceptors (Lipinski definition) is 5. The van der Waals surface area contributed by atoms with E-state index in [4.69, 9.17) is 4.74 Å². The van der Waals surface area contributed by atoms with E-state index in [-0.39, 0.29) is 24.9 Å². The number of hydrogen-bond donors (Lipinski definition) is 3. The summed E-state index contributed by atoms with van der Waals surface area (Å²) < 4.78 is 5.85. The molecule has 0 aliphatic heterocycles. The van der Waals surface area contributed by atoms with Crippen LogP contribution in [0.2, 0.25) is 0 Å². The van der Waals surface area contributed by atoms with Crippen molar-refractivity contribution in [3.05, 3.63) is 12.2 Å². The molecule has 0 aliphatic carbocycles. The van der Waals surface area contributed by atoms with Gasteiger partial charge in [-0.05, 0) is 51.4 Å². The minimum atomic E-state index is -0.781. The fraction of sp³-hybridized carbons (Fsp3) is 0.909. The summed E-state index contributed by atoms with van der Waals surface area (Å²) in [5.41, 5.74) is 0. The highest BCUT2D eigenvalue weighted by molar-refractivity contribution is 5.77. The number of amides is 1. The van der Waals surface area contributed by atoms with Gasteiger partial charge in [-0.3, -0.25) is 9.59 Å². The predicted molar refractivity (Wildman–Crippen MR) is 213 cm³/mol. The molecule has 6 heteroatoms. The number of nitrogens with one attached hydrogen (secondary N) is 1. The highest BCUT2D eigenvalue weighted by Gasteiger charge is 2.24. The van der Waals surface area contributed by atoms with Gasteiger partial charge in [-0.2, -0.15) is 0 Å². The Morgan fingerprint density at radius 1 is 0.560 bits per heavy atom. The number of ether oxygens (including phenoxy) is 1. The third kappa shape index (κ3) is 33.7. The zero-order chi connectivity index (χ0) is 36.8. The van der Waals surface area contributed by atoms with Gasteiger partial charge in [-0.1, -0.05) is 181 Å². The highest BCUT2D eigenvalue weighted by Crippen LogP contribution is 2.17. The van der Waals surface area contributed by atoms with Gasteiger partial charge in [0.05, 0.1) is 25.2 Å². The van der Waals surface area contributed by atoms with Crippen LogP contribution in [0, 0.1) is 0 Å². The Balaban J connectivity index is 4.47. The van der Waals surface area contributed by atoms with Crippen molar-refractivity contribution in [1.82, 2.24) is 5.32 Å². The fourth-order valence-electron chi connectivity index (χ4n) is 6.72. The van der Waals surface area contributed by atoms with Gasteiger partial charge in [0.2, 0.25) is 5.91 Å². The van der Waals surface area contributed by atoms with Gasteiger partial charge in [-0.15, -0.1) is 0 Å². The molecular weight excluding hydrogens is 622 g/mol. The number of aliphatic hydroxyl groups is 2. The molecular formula is C44H85NO5. The van der Waals surface area contributed by atoms with Crippen LogP contribution in [-0.2, 0) is 14.3 Å². The Hall–Kier alpha value is -1.40. The Bertz CT molecular complexity index is 757. The summed E-state index contributed by atoms with van der Waals surface area (Å²) in [5, 5.41) is 23.5. The summed E-state index contributed by atoms with van der Waals surface area (Å²) in [6.45, 7) is 6.42. The number of unbranched alkanes of at least 4 members (excludes halogenated alkanes) is 25. The summed E-state index contributed by atoms with van der Waals surface area (Å²) >= 11 is 0. The first kappa shape index (κ1) is 48.6. The van der Waals surface area contributed by atoms with Crippen molar-refractivity contribution in [2.45, 2.75) is 251 Å². The number of aliphatic hydroxyl groups excluding tert-OH is 2. The van der Waals surface area contributed by atoms with Crippen molar-refractivity contribution in [1.29, 1.82) is 0 Å². The lowest BCUT2D eigenvalue weighted by atomic mass is 10.0. The van der Waals surface area contributed by atoms with Crippen LogP contribution >= 0.6 is 0 Å². The number of esters is 1. The molecule has 0 radical (unpaired) electrons. The molecule has 0 bridgehead atoms. The van der Waals surface area contributed by atoms with Crippen molar-refractivity contribution >= 4 is 11.9 Å². The number of rotatable bonds is 39. The van der Waals surface area contributed by atoms with Crippen molar-refractivity contribution in [2.24, 2.45) is 0 Å². The van der Waals surface area contributed by atoms with Gasteiger partial charge in [0, 0.05) is 6.42 Å². The maximum absolute atomic E-state index is 13.0. The van der Waals surface area contributed by atoms with E-state index in [0.29, 0.717) is 19.3 Å². The number of carbonyl (C=O) groups is 2. The summed E-state index contributed by atoms with van der Waals surface area (Å²) in [6, 6.07) is -0.694. The SMILES string of the molecule is CCCCCCCC/C=C\CCCCCC(=O)OC(CCCCCCCCC)CC(=O)NC(CO)C(O)CCCCCCCCCCCCC. The molecule has 0 saturated heterocycles. The molecule has 6 nitrogen and oxygen atoms in total. The van der Waals surface area contributed by atoms with Crippen LogP contribution in [0.1, 0.15) is 233 Å². The summed E-state index contributed by atoms with van der Waals surface area (Å²) in [7, 11) is 0. The van der Waals surface area contributed by atoms with Crippen LogP contribution in [0.15, 0.2) is 12.2 Å². The standard InChI is InChI=1S/C44H85NO5/c1-4-7-10-13-16-18-20-21-23-25-28-31-34-37-44(49)50-40(35-32-29-26-15-12-9-6-3)38-43(48)45-41(39-46)42(47)36-33-30-27-24-22-19-17-14-11-8-5-2/h21,23,40-42,46-47H,4-20,22,24-39H2,1-3H3,(H,45,48)/b23-21-. The van der Waals surface area contributed by atoms with E-state index < -0.39 is 18.2 Å². The summed E-state index contributed by atoms with van der Waals surface area (Å²) in [6.07, 6.45) is 39.9. The smallest absolute Gasteiger partial charge is 0.306 e. The van der Waals surface area contributed by atoms with Gasteiger partial charge >= 0.3 is 5.97 Å². The average molecular weight is 708 g/mol. The molecule has 0 spiro atoms. The first-order valence-corrected chi connectivity index (χ1v) is 21.9. The predicted octanol–water partition coefficient (Wildman–Crippen LogP) is 12.2. The largest absolute Gasteiger partial charge is 0.462 e. The van der Waals surface area contributed by atoms with Crippen molar-refractivity contribution < 1.29 is 24.5 Å². The average Bonchev–Trinajstić information content (AvgIpc) is 3.10. The van der Waals surface area contributed by atoms with Crippen LogP contribution < -0.4 is 5.32 Å². The van der Waals surface area contributed by atoms with E-state index in [0.717, 1.165) is 57.8 Å². The van der Waals surface area contributed by atoms with Crippen LogP contribution in [0.3, 0.4) is 0 Å². The van der Waals surface area contributed by atoms with Crippen LogP contribution in [-0.4, -0.2) is 46.9 Å². The van der Waals surface area contributed by atoms with Crippen molar-refractivity contribution in [3.8, 4) is 0 Å². The Kier molecular flexibility index (Phi) is 37.7. The molecule has 296 valence electrons. The van der Waals surface area contributed by atoms with Gasteiger partial charge in [0.25, 0.3) is 0 Å². The maximum Gasteiger partial charge on any atom is 0.306 e. The monoisotopic (exact) mass is 708 g/mol. The molecule has 3 unspecified atom stereocenters. The second-order valence-corrected chi connectivity index (χ2v) is 15.1. The molecule has 0 fully saturated rings. The van der Waals surface area contributed by atoms with E-state index in [9.17, 15) is 19.8 Å². The lowest BCUT2D eigenvalue weighted by Gasteiger charge is -2.24. The van der Waals surface area contributed by atoms with E-state index >= 15 is 0 Å². The van der Waals surface area contributed by atoms with Gasteiger partial charge in [0.15, 0.2) is 0 Å². The topological polar surface area (TPSA) is 95.9 Å². The number of carbonyl (C=O) groups excluding carboxylic acids is 2. The normalized spacial score (nSPS) is 13.5. The van der Waals surface area contributed by atoms with Crippen LogP contribution in [0.5, 0.6) is 0 Å². The lowest BCUT2D eigenvalue weighted by Crippen LogP contribution is -2.46. The quantitative estimate of drug-likeness (QED) is 0.0336. The molecule has 50 heavy (non-hydrogen) atoms. The summed E-state index contributed by atoms with van der Waals surface area (Å²) in [5.74, 6) is -0.491. The third-order valence-electron chi connectivity index (χ3n) is 10.1.